The van der Waals surface area contributed by atoms with Gasteiger partial charge in [-0.25, -0.2) is 0 Å². The van der Waals surface area contributed by atoms with Crippen molar-refractivity contribution in [2.24, 2.45) is 4.99 Å². The van der Waals surface area contributed by atoms with Gasteiger partial charge in [0, 0.05) is 46.2 Å². The number of piperazine rings is 1. The summed E-state index contributed by atoms with van der Waals surface area (Å²) in [5.74, 6) is 2.38. The van der Waals surface area contributed by atoms with Crippen LogP contribution in [-0.2, 0) is 4.79 Å². The maximum Gasteiger partial charge on any atom is 0.219 e. The van der Waals surface area contributed by atoms with Crippen molar-refractivity contribution in [3.63, 3.8) is 0 Å². The second-order valence-electron chi connectivity index (χ2n) is 4.93. The smallest absolute Gasteiger partial charge is 0.219 e. The van der Waals surface area contributed by atoms with Crippen molar-refractivity contribution in [2.45, 2.75) is 26.7 Å². The number of hydrogen-bond donors (Lipinski definition) is 1. The number of nitrogens with zero attached hydrogens (tertiary/aromatic N) is 3. The van der Waals surface area contributed by atoms with Gasteiger partial charge in [-0.05, 0) is 31.8 Å². The third kappa shape index (κ3) is 6.03. The van der Waals surface area contributed by atoms with E-state index in [2.05, 4.69) is 23.4 Å². The molecule has 0 aromatic heterocycles. The van der Waals surface area contributed by atoms with E-state index in [9.17, 15) is 4.79 Å². The van der Waals surface area contributed by atoms with E-state index in [1.54, 1.807) is 6.92 Å². The zero-order valence-electron chi connectivity index (χ0n) is 13.0. The zero-order chi connectivity index (χ0) is 14.8. The van der Waals surface area contributed by atoms with Crippen molar-refractivity contribution in [3.8, 4) is 0 Å². The second kappa shape index (κ2) is 9.91. The highest BCUT2D eigenvalue weighted by Gasteiger charge is 2.20. The maximum absolute atomic E-state index is 11.3. The van der Waals surface area contributed by atoms with Crippen molar-refractivity contribution >= 4 is 23.6 Å². The first kappa shape index (κ1) is 17.1. The van der Waals surface area contributed by atoms with Gasteiger partial charge in [0.1, 0.15) is 0 Å². The van der Waals surface area contributed by atoms with Crippen LogP contribution in [0.4, 0.5) is 0 Å². The lowest BCUT2D eigenvalue weighted by Crippen LogP contribution is -2.53. The molecule has 1 saturated heterocycles. The summed E-state index contributed by atoms with van der Waals surface area (Å²) in [6, 6.07) is 0. The van der Waals surface area contributed by atoms with Crippen molar-refractivity contribution in [3.05, 3.63) is 0 Å². The largest absolute Gasteiger partial charge is 0.357 e. The van der Waals surface area contributed by atoms with Gasteiger partial charge in [-0.15, -0.1) is 0 Å². The standard InChI is InChI=1S/C14H28N4OS/c1-4-15-14(16-7-5-6-12-20-3)18-10-8-17(9-11-18)13(2)19/h4-12H2,1-3H3,(H,15,16). The molecule has 0 unspecified atom stereocenters. The molecule has 1 N–H and O–H groups in total. The predicted octanol–water partition coefficient (Wildman–Crippen LogP) is 1.26. The lowest BCUT2D eigenvalue weighted by molar-refractivity contribution is -0.130. The Hall–Kier alpha value is -0.910. The topological polar surface area (TPSA) is 47.9 Å². The molecule has 0 atom stereocenters. The second-order valence-corrected chi connectivity index (χ2v) is 5.91. The average molecular weight is 300 g/mol. The molecule has 0 saturated carbocycles. The Morgan fingerprint density at radius 1 is 1.20 bits per heavy atom. The number of rotatable bonds is 6. The normalized spacial score (nSPS) is 16.4. The molecular formula is C14H28N4OS. The van der Waals surface area contributed by atoms with Gasteiger partial charge in [-0.1, -0.05) is 0 Å². The molecule has 5 nitrogen and oxygen atoms in total. The Kier molecular flexibility index (Phi) is 8.49. The maximum atomic E-state index is 11.3. The molecule has 1 fully saturated rings. The molecule has 1 amide bonds. The third-order valence-corrected chi connectivity index (χ3v) is 4.07. The van der Waals surface area contributed by atoms with E-state index < -0.39 is 0 Å². The number of carbonyl (C=O) groups excluding carboxylic acids is 1. The molecule has 0 radical (unpaired) electrons. The molecule has 1 aliphatic rings. The zero-order valence-corrected chi connectivity index (χ0v) is 13.8. The first-order chi connectivity index (χ1) is 9.69. The minimum atomic E-state index is 0.170. The van der Waals surface area contributed by atoms with Gasteiger partial charge in [0.2, 0.25) is 5.91 Å². The summed E-state index contributed by atoms with van der Waals surface area (Å²) in [4.78, 5) is 20.2. The molecule has 6 heteroatoms. The van der Waals surface area contributed by atoms with Crippen LogP contribution >= 0.6 is 11.8 Å². The fourth-order valence-corrected chi connectivity index (χ4v) is 2.69. The third-order valence-electron chi connectivity index (χ3n) is 3.38. The number of thioether (sulfide) groups is 1. The van der Waals surface area contributed by atoms with E-state index in [0.717, 1.165) is 51.6 Å². The summed E-state index contributed by atoms with van der Waals surface area (Å²) in [6.07, 6.45) is 4.51. The van der Waals surface area contributed by atoms with Crippen molar-refractivity contribution in [1.82, 2.24) is 15.1 Å². The van der Waals surface area contributed by atoms with E-state index in [1.165, 1.54) is 12.2 Å². The minimum absolute atomic E-state index is 0.170. The number of nitrogens with one attached hydrogen (secondary N) is 1. The van der Waals surface area contributed by atoms with E-state index in [-0.39, 0.29) is 5.91 Å². The Bertz CT molecular complexity index is 314. The molecule has 0 spiro atoms. The molecule has 0 aromatic rings. The Morgan fingerprint density at radius 2 is 1.85 bits per heavy atom. The lowest BCUT2D eigenvalue weighted by Gasteiger charge is -2.36. The average Bonchev–Trinajstić information content (AvgIpc) is 2.46. The molecule has 1 rings (SSSR count). The Balaban J connectivity index is 2.41. The summed E-state index contributed by atoms with van der Waals surface area (Å²) in [5.41, 5.74) is 0. The van der Waals surface area contributed by atoms with E-state index in [0.29, 0.717) is 0 Å². The van der Waals surface area contributed by atoms with Crippen LogP contribution in [0.25, 0.3) is 0 Å². The number of aliphatic imine (C=N–C) groups is 1. The van der Waals surface area contributed by atoms with E-state index >= 15 is 0 Å². The van der Waals surface area contributed by atoms with Crippen LogP contribution in [0, 0.1) is 0 Å². The summed E-state index contributed by atoms with van der Waals surface area (Å²) < 4.78 is 0. The predicted molar refractivity (Wildman–Crippen MR) is 87.4 cm³/mol. The number of carbonyl (C=O) groups is 1. The summed E-state index contributed by atoms with van der Waals surface area (Å²) in [5, 5.41) is 3.35. The molecule has 0 bridgehead atoms. The molecule has 0 aromatic carbocycles. The molecule has 1 heterocycles. The van der Waals surface area contributed by atoms with E-state index in [1.807, 2.05) is 16.7 Å². The first-order valence-corrected chi connectivity index (χ1v) is 8.86. The molecule has 1 aliphatic heterocycles. The van der Waals surface area contributed by atoms with Gasteiger partial charge < -0.3 is 15.1 Å². The quantitative estimate of drug-likeness (QED) is 0.456. The number of amides is 1. The van der Waals surface area contributed by atoms with Crippen molar-refractivity contribution in [1.29, 1.82) is 0 Å². The van der Waals surface area contributed by atoms with Crippen LogP contribution < -0.4 is 5.32 Å². The number of guanidine groups is 1. The highest BCUT2D eigenvalue weighted by molar-refractivity contribution is 7.98. The Labute approximate surface area is 127 Å². The monoisotopic (exact) mass is 300 g/mol. The number of hydrogen-bond acceptors (Lipinski definition) is 3. The summed E-state index contributed by atoms with van der Waals surface area (Å²) in [7, 11) is 0. The minimum Gasteiger partial charge on any atom is -0.357 e. The first-order valence-electron chi connectivity index (χ1n) is 7.46. The highest BCUT2D eigenvalue weighted by Crippen LogP contribution is 2.04. The fourth-order valence-electron chi connectivity index (χ4n) is 2.20. The van der Waals surface area contributed by atoms with Crippen LogP contribution in [0.5, 0.6) is 0 Å². The van der Waals surface area contributed by atoms with Crippen LogP contribution in [-0.4, -0.2) is 72.9 Å². The van der Waals surface area contributed by atoms with Gasteiger partial charge in [-0.2, -0.15) is 11.8 Å². The Morgan fingerprint density at radius 3 is 2.40 bits per heavy atom. The van der Waals surface area contributed by atoms with Crippen LogP contribution in [0.1, 0.15) is 26.7 Å². The fraction of sp³-hybridized carbons (Fsp3) is 0.857. The lowest BCUT2D eigenvalue weighted by atomic mass is 10.3. The van der Waals surface area contributed by atoms with Gasteiger partial charge in [-0.3, -0.25) is 9.79 Å². The highest BCUT2D eigenvalue weighted by atomic mass is 32.2. The molecular weight excluding hydrogens is 272 g/mol. The SMILES string of the molecule is CCNC(=NCCCCSC)N1CCN(C(C)=O)CC1. The van der Waals surface area contributed by atoms with Crippen LogP contribution in [0.3, 0.4) is 0 Å². The molecule has 0 aliphatic carbocycles. The van der Waals surface area contributed by atoms with Crippen LogP contribution in [0.15, 0.2) is 4.99 Å². The van der Waals surface area contributed by atoms with E-state index in [4.69, 9.17) is 4.99 Å². The van der Waals surface area contributed by atoms with Gasteiger partial charge >= 0.3 is 0 Å². The van der Waals surface area contributed by atoms with Crippen LogP contribution in [0.2, 0.25) is 0 Å². The van der Waals surface area contributed by atoms with Crippen molar-refractivity contribution < 1.29 is 4.79 Å². The molecule has 116 valence electrons. The molecule has 20 heavy (non-hydrogen) atoms. The summed E-state index contributed by atoms with van der Waals surface area (Å²) >= 11 is 1.89. The van der Waals surface area contributed by atoms with Gasteiger partial charge in [0.25, 0.3) is 0 Å². The van der Waals surface area contributed by atoms with Gasteiger partial charge in [0.15, 0.2) is 5.96 Å². The summed E-state index contributed by atoms with van der Waals surface area (Å²) in [6.45, 7) is 8.84. The number of unbranched alkanes of at least 4 members (excludes halogenated alkanes) is 1. The van der Waals surface area contributed by atoms with Crippen molar-refractivity contribution in [2.75, 3.05) is 51.3 Å². The van der Waals surface area contributed by atoms with Gasteiger partial charge in [0.05, 0.1) is 0 Å².